The van der Waals surface area contributed by atoms with Gasteiger partial charge in [-0.05, 0) is 32.1 Å². The zero-order valence-corrected chi connectivity index (χ0v) is 9.93. The summed E-state index contributed by atoms with van der Waals surface area (Å²) in [5.74, 6) is 0. The first-order valence-corrected chi connectivity index (χ1v) is 6.05. The Labute approximate surface area is 89.5 Å². The molecule has 0 aromatic rings. The van der Waals surface area contributed by atoms with Crippen LogP contribution in [0.15, 0.2) is 12.2 Å². The van der Waals surface area contributed by atoms with E-state index >= 15 is 0 Å². The summed E-state index contributed by atoms with van der Waals surface area (Å²) in [6.07, 6.45) is 15.1. The molecule has 84 valence electrons. The monoisotopic (exact) mass is 198 g/mol. The Bertz CT molecular complexity index is 118. The maximum absolute atomic E-state index is 5.00. The normalized spacial score (nSPS) is 11.3. The summed E-state index contributed by atoms with van der Waals surface area (Å²) in [7, 11) is 1.77. The van der Waals surface area contributed by atoms with Crippen molar-refractivity contribution in [1.82, 2.24) is 0 Å². The molecule has 0 amide bonds. The van der Waals surface area contributed by atoms with Gasteiger partial charge in [0.1, 0.15) is 0 Å². The minimum Gasteiger partial charge on any atom is -0.385 e. The van der Waals surface area contributed by atoms with E-state index in [-0.39, 0.29) is 0 Å². The van der Waals surface area contributed by atoms with E-state index in [0.29, 0.717) is 0 Å². The average molecular weight is 198 g/mol. The van der Waals surface area contributed by atoms with Crippen molar-refractivity contribution in [3.8, 4) is 0 Å². The summed E-state index contributed by atoms with van der Waals surface area (Å²) in [6, 6.07) is 0. The minimum atomic E-state index is 0.917. The van der Waals surface area contributed by atoms with Gasteiger partial charge < -0.3 is 4.74 Å². The molecule has 1 nitrogen and oxygen atoms in total. The second-order valence-corrected chi connectivity index (χ2v) is 3.81. The quantitative estimate of drug-likeness (QED) is 0.375. The van der Waals surface area contributed by atoms with Crippen LogP contribution in [0.2, 0.25) is 0 Å². The highest BCUT2D eigenvalue weighted by molar-refractivity contribution is 4.81. The van der Waals surface area contributed by atoms with Crippen LogP contribution in [-0.4, -0.2) is 13.7 Å². The predicted octanol–water partition coefficient (Wildman–Crippen LogP) is 4.33. The zero-order chi connectivity index (χ0) is 10.5. The molecule has 14 heavy (non-hydrogen) atoms. The van der Waals surface area contributed by atoms with E-state index < -0.39 is 0 Å². The molecule has 0 N–H and O–H groups in total. The average Bonchev–Trinajstić information content (AvgIpc) is 2.21. The standard InChI is InChI=1S/C13H26O/c1-3-4-5-6-7-8-9-10-11-12-13-14-2/h7-8H,3-6,9-13H2,1-2H3/b8-7+. The van der Waals surface area contributed by atoms with Crippen molar-refractivity contribution >= 4 is 0 Å². The van der Waals surface area contributed by atoms with Crippen LogP contribution >= 0.6 is 0 Å². The van der Waals surface area contributed by atoms with Gasteiger partial charge in [0.05, 0.1) is 0 Å². The third kappa shape index (κ3) is 11.7. The fraction of sp³-hybridized carbons (Fsp3) is 0.846. The maximum atomic E-state index is 5.00. The SMILES string of the molecule is CCCCC/C=C/CCCCCOC. The van der Waals surface area contributed by atoms with Crippen LogP contribution < -0.4 is 0 Å². The molecule has 0 saturated heterocycles. The van der Waals surface area contributed by atoms with Gasteiger partial charge in [-0.2, -0.15) is 0 Å². The van der Waals surface area contributed by atoms with Gasteiger partial charge >= 0.3 is 0 Å². The summed E-state index contributed by atoms with van der Waals surface area (Å²) >= 11 is 0. The van der Waals surface area contributed by atoms with Crippen LogP contribution in [0.3, 0.4) is 0 Å². The first kappa shape index (κ1) is 13.7. The van der Waals surface area contributed by atoms with E-state index in [1.54, 1.807) is 7.11 Å². The Kier molecular flexibility index (Phi) is 12.4. The summed E-state index contributed by atoms with van der Waals surface area (Å²) in [5.41, 5.74) is 0. The molecule has 0 rings (SSSR count). The summed E-state index contributed by atoms with van der Waals surface area (Å²) in [5, 5.41) is 0. The number of allylic oxidation sites excluding steroid dienone is 2. The Morgan fingerprint density at radius 3 is 2.07 bits per heavy atom. The Balaban J connectivity index is 2.96. The van der Waals surface area contributed by atoms with Gasteiger partial charge in [-0.1, -0.05) is 38.3 Å². The number of rotatable bonds is 10. The smallest absolute Gasteiger partial charge is 0.0462 e. The molecule has 0 unspecified atom stereocenters. The summed E-state index contributed by atoms with van der Waals surface area (Å²) < 4.78 is 5.00. The summed E-state index contributed by atoms with van der Waals surface area (Å²) in [6.45, 7) is 3.17. The molecule has 0 aromatic heterocycles. The van der Waals surface area contributed by atoms with Crippen molar-refractivity contribution in [2.75, 3.05) is 13.7 Å². The lowest BCUT2D eigenvalue weighted by Crippen LogP contribution is -1.87. The van der Waals surface area contributed by atoms with Gasteiger partial charge in [-0.25, -0.2) is 0 Å². The molecular weight excluding hydrogens is 172 g/mol. The van der Waals surface area contributed by atoms with Crippen LogP contribution in [-0.2, 0) is 4.74 Å². The fourth-order valence-electron chi connectivity index (χ4n) is 1.43. The topological polar surface area (TPSA) is 9.23 Å². The molecule has 0 radical (unpaired) electrons. The molecule has 0 atom stereocenters. The van der Waals surface area contributed by atoms with Crippen molar-refractivity contribution in [2.24, 2.45) is 0 Å². The zero-order valence-electron chi connectivity index (χ0n) is 9.93. The highest BCUT2D eigenvalue weighted by Crippen LogP contribution is 2.03. The van der Waals surface area contributed by atoms with Crippen molar-refractivity contribution in [3.63, 3.8) is 0 Å². The Morgan fingerprint density at radius 1 is 0.857 bits per heavy atom. The van der Waals surface area contributed by atoms with Crippen LogP contribution in [0.25, 0.3) is 0 Å². The number of hydrogen-bond acceptors (Lipinski definition) is 1. The fourth-order valence-corrected chi connectivity index (χ4v) is 1.43. The molecule has 0 fully saturated rings. The van der Waals surface area contributed by atoms with E-state index in [9.17, 15) is 0 Å². The second kappa shape index (κ2) is 12.7. The largest absolute Gasteiger partial charge is 0.385 e. The van der Waals surface area contributed by atoms with Crippen LogP contribution in [0.1, 0.15) is 58.3 Å². The van der Waals surface area contributed by atoms with Gasteiger partial charge in [-0.15, -0.1) is 0 Å². The highest BCUT2D eigenvalue weighted by Gasteiger charge is 1.86. The van der Waals surface area contributed by atoms with Crippen molar-refractivity contribution in [1.29, 1.82) is 0 Å². The van der Waals surface area contributed by atoms with E-state index in [2.05, 4.69) is 19.1 Å². The second-order valence-electron chi connectivity index (χ2n) is 3.81. The van der Waals surface area contributed by atoms with Crippen molar-refractivity contribution in [3.05, 3.63) is 12.2 Å². The van der Waals surface area contributed by atoms with Crippen molar-refractivity contribution < 1.29 is 4.74 Å². The predicted molar refractivity (Wildman–Crippen MR) is 63.6 cm³/mol. The summed E-state index contributed by atoms with van der Waals surface area (Å²) in [4.78, 5) is 0. The molecule has 0 aromatic carbocycles. The Hall–Kier alpha value is -0.300. The molecule has 0 aliphatic carbocycles. The highest BCUT2D eigenvalue weighted by atomic mass is 16.5. The van der Waals surface area contributed by atoms with Gasteiger partial charge in [0.2, 0.25) is 0 Å². The minimum absolute atomic E-state index is 0.917. The molecule has 0 heterocycles. The molecule has 0 spiro atoms. The number of unbranched alkanes of at least 4 members (excludes halogenated alkanes) is 6. The molecular formula is C13H26O. The Morgan fingerprint density at radius 2 is 1.50 bits per heavy atom. The van der Waals surface area contributed by atoms with E-state index in [1.807, 2.05) is 0 Å². The number of ether oxygens (including phenoxy) is 1. The maximum Gasteiger partial charge on any atom is 0.0462 e. The lowest BCUT2D eigenvalue weighted by atomic mass is 10.1. The molecule has 0 aliphatic heterocycles. The van der Waals surface area contributed by atoms with Crippen molar-refractivity contribution in [2.45, 2.75) is 58.3 Å². The van der Waals surface area contributed by atoms with E-state index in [0.717, 1.165) is 6.61 Å². The first-order valence-electron chi connectivity index (χ1n) is 6.05. The molecule has 1 heteroatoms. The van der Waals surface area contributed by atoms with E-state index in [4.69, 9.17) is 4.74 Å². The number of methoxy groups -OCH3 is 1. The van der Waals surface area contributed by atoms with Gasteiger partial charge in [0.25, 0.3) is 0 Å². The third-order valence-corrected chi connectivity index (χ3v) is 2.36. The number of hydrogen-bond donors (Lipinski definition) is 0. The molecule has 0 saturated carbocycles. The molecule has 0 aliphatic rings. The van der Waals surface area contributed by atoms with Crippen LogP contribution in [0, 0.1) is 0 Å². The van der Waals surface area contributed by atoms with Crippen LogP contribution in [0.4, 0.5) is 0 Å². The lowest BCUT2D eigenvalue weighted by Gasteiger charge is -1.97. The van der Waals surface area contributed by atoms with Crippen LogP contribution in [0.5, 0.6) is 0 Å². The van der Waals surface area contributed by atoms with Gasteiger partial charge in [0.15, 0.2) is 0 Å². The third-order valence-electron chi connectivity index (χ3n) is 2.36. The van der Waals surface area contributed by atoms with Gasteiger partial charge in [0, 0.05) is 13.7 Å². The molecule has 0 bridgehead atoms. The van der Waals surface area contributed by atoms with E-state index in [1.165, 1.54) is 51.4 Å². The van der Waals surface area contributed by atoms with Gasteiger partial charge in [-0.3, -0.25) is 0 Å². The first-order chi connectivity index (χ1) is 6.91. The lowest BCUT2D eigenvalue weighted by molar-refractivity contribution is 0.192.